The predicted molar refractivity (Wildman–Crippen MR) is 156 cm³/mol. The van der Waals surface area contributed by atoms with Crippen LogP contribution in [0.2, 0.25) is 0 Å². The predicted octanol–water partition coefficient (Wildman–Crippen LogP) is 4.67. The molecule has 3 unspecified atom stereocenters. The molecule has 0 heterocycles. The summed E-state index contributed by atoms with van der Waals surface area (Å²) in [5.41, 5.74) is -0.398. The Morgan fingerprint density at radius 2 is 1.52 bits per heavy atom. The first-order valence-corrected chi connectivity index (χ1v) is 18.7. The average Bonchev–Trinajstić information content (AvgIpc) is 3.43. The number of hydrogen-bond acceptors (Lipinski definition) is 8. The van der Waals surface area contributed by atoms with Crippen LogP contribution in [0.1, 0.15) is 98.8 Å². The van der Waals surface area contributed by atoms with Crippen LogP contribution in [-0.2, 0) is 29.2 Å². The molecule has 5 saturated carbocycles. The van der Waals surface area contributed by atoms with Gasteiger partial charge in [-0.25, -0.2) is 8.37 Å². The summed E-state index contributed by atoms with van der Waals surface area (Å²) in [5, 5.41) is 22.6. The largest absolute Gasteiger partial charge is 0.397 e. The minimum atomic E-state index is -4.90. The Morgan fingerprint density at radius 3 is 2.07 bits per heavy atom. The molecule has 244 valence electrons. The van der Waals surface area contributed by atoms with Gasteiger partial charge in [-0.15, -0.1) is 0 Å². The molecule has 0 aromatic carbocycles. The molecule has 5 fully saturated rings. The molecule has 0 amide bonds. The van der Waals surface area contributed by atoms with E-state index in [1.54, 1.807) is 0 Å². The van der Waals surface area contributed by atoms with E-state index in [0.29, 0.717) is 17.8 Å². The van der Waals surface area contributed by atoms with Crippen LogP contribution >= 0.6 is 0 Å². The van der Waals surface area contributed by atoms with E-state index < -0.39 is 44.5 Å². The lowest BCUT2D eigenvalue weighted by molar-refractivity contribution is -0.162. The van der Waals surface area contributed by atoms with E-state index >= 15 is 0 Å². The molecule has 12 heteroatoms. The molecule has 5 aliphatic rings. The van der Waals surface area contributed by atoms with E-state index in [1.807, 2.05) is 0 Å². The molecule has 10 nitrogen and oxygen atoms in total. The molecular formula is C30H52O10S2. The van der Waals surface area contributed by atoms with E-state index in [1.165, 1.54) is 6.42 Å². The Hall–Kier alpha value is -0.340. The lowest BCUT2D eigenvalue weighted by Crippen LogP contribution is -2.58. The number of fused-ring (bicyclic) bond motifs is 5. The van der Waals surface area contributed by atoms with Crippen LogP contribution in [0, 0.1) is 63.6 Å². The first kappa shape index (κ1) is 33.0. The van der Waals surface area contributed by atoms with Gasteiger partial charge in [0.15, 0.2) is 0 Å². The third-order valence-corrected chi connectivity index (χ3v) is 14.6. The van der Waals surface area contributed by atoms with Gasteiger partial charge < -0.3 is 10.2 Å². The summed E-state index contributed by atoms with van der Waals surface area (Å²) in [6, 6.07) is 0. The lowest BCUT2D eigenvalue weighted by atomic mass is 9.44. The molecule has 5 aliphatic carbocycles. The Bertz CT molecular complexity index is 1220. The molecular weight excluding hydrogens is 584 g/mol. The summed E-state index contributed by atoms with van der Waals surface area (Å²) < 4.78 is 75.2. The zero-order chi connectivity index (χ0) is 31.0. The van der Waals surface area contributed by atoms with Gasteiger partial charge in [-0.2, -0.15) is 16.8 Å². The van der Waals surface area contributed by atoms with Crippen molar-refractivity contribution in [2.45, 2.75) is 117 Å². The van der Waals surface area contributed by atoms with Gasteiger partial charge in [-0.1, -0.05) is 34.6 Å². The van der Waals surface area contributed by atoms with E-state index in [-0.39, 0.29) is 60.4 Å². The highest BCUT2D eigenvalue weighted by atomic mass is 32.3. The van der Waals surface area contributed by atoms with Gasteiger partial charge >= 0.3 is 20.8 Å². The van der Waals surface area contributed by atoms with Gasteiger partial charge in [0.05, 0.1) is 6.10 Å². The fraction of sp³-hybridized carbons (Fsp3) is 1.00. The number of rotatable bonds is 10. The van der Waals surface area contributed by atoms with Crippen LogP contribution in [-0.4, -0.2) is 61.1 Å². The maximum atomic E-state index is 11.7. The highest BCUT2D eigenvalue weighted by Gasteiger charge is 2.65. The van der Waals surface area contributed by atoms with Gasteiger partial charge in [-0.3, -0.25) is 9.11 Å². The Labute approximate surface area is 252 Å². The topological polar surface area (TPSA) is 168 Å². The molecule has 0 aromatic rings. The van der Waals surface area contributed by atoms with Crippen LogP contribution in [0.3, 0.4) is 0 Å². The minimum Gasteiger partial charge on any atom is -0.396 e. The highest BCUT2D eigenvalue weighted by molar-refractivity contribution is 7.81. The molecule has 5 rings (SSSR count). The SMILES string of the molecule is CC(CCC1(C(C)C)CC1C)[C@H]1[C@@H](O)C[C@H]2[C@@H]3CC[C@H]4C[C@H](OS(=O)(=O)O)[C@@H](OS(=O)(=O)O)C[C@]4(C)[C@H]3CC[C@@]21CO. The van der Waals surface area contributed by atoms with Gasteiger partial charge in [0.25, 0.3) is 0 Å². The molecule has 42 heavy (non-hydrogen) atoms. The molecule has 13 atom stereocenters. The fourth-order valence-corrected chi connectivity index (χ4v) is 12.5. The molecule has 0 aliphatic heterocycles. The van der Waals surface area contributed by atoms with E-state index in [2.05, 4.69) is 34.6 Å². The Morgan fingerprint density at radius 1 is 0.905 bits per heavy atom. The maximum absolute atomic E-state index is 11.7. The van der Waals surface area contributed by atoms with Crippen LogP contribution in [0.4, 0.5) is 0 Å². The number of aliphatic hydroxyl groups excluding tert-OH is 2. The van der Waals surface area contributed by atoms with Crippen LogP contribution in [0.15, 0.2) is 0 Å². The number of hydrogen-bond donors (Lipinski definition) is 4. The fourth-order valence-electron chi connectivity index (χ4n) is 11.5. The van der Waals surface area contributed by atoms with Crippen LogP contribution in [0.25, 0.3) is 0 Å². The third-order valence-electron chi connectivity index (χ3n) is 13.6. The monoisotopic (exact) mass is 636 g/mol. The normalized spacial score (nSPS) is 47.9. The highest BCUT2D eigenvalue weighted by Crippen LogP contribution is 2.69. The van der Waals surface area contributed by atoms with Crippen molar-refractivity contribution < 1.29 is 44.5 Å². The van der Waals surface area contributed by atoms with E-state index in [4.69, 9.17) is 8.37 Å². The van der Waals surface area contributed by atoms with Gasteiger partial charge in [0, 0.05) is 12.0 Å². The molecule has 0 saturated heterocycles. The van der Waals surface area contributed by atoms with Crippen LogP contribution < -0.4 is 0 Å². The third kappa shape index (κ3) is 5.74. The average molecular weight is 637 g/mol. The van der Waals surface area contributed by atoms with E-state index in [9.17, 15) is 36.2 Å². The quantitative estimate of drug-likeness (QED) is 0.247. The standard InChI is InChI=1S/C30H52O10S2/c1-17(2)29(14-19(29)4)10-8-18(3)27-24(32)13-23-21-7-6-20-12-25(39-41(33,34)35)26(40-42(36,37)38)15-28(20,5)22(21)9-11-30(23,27)16-31/h17-27,31-32H,6-16H2,1-5H3,(H,33,34,35)(H,36,37,38)/t18?,19?,20-,21+,22-,23-,24-,25-,26-,27-,28-,29?,30+/m0/s1. The van der Waals surface area contributed by atoms with E-state index in [0.717, 1.165) is 44.4 Å². The van der Waals surface area contributed by atoms with Crippen LogP contribution in [0.5, 0.6) is 0 Å². The van der Waals surface area contributed by atoms with Gasteiger partial charge in [0.1, 0.15) is 12.2 Å². The Balaban J connectivity index is 1.37. The first-order valence-electron chi connectivity index (χ1n) is 16.0. The van der Waals surface area contributed by atoms with Crippen molar-refractivity contribution in [1.82, 2.24) is 0 Å². The second-order valence-electron chi connectivity index (χ2n) is 15.5. The molecule has 4 N–H and O–H groups in total. The van der Waals surface area contributed by atoms with Crippen molar-refractivity contribution >= 4 is 20.8 Å². The van der Waals surface area contributed by atoms with Gasteiger partial charge in [-0.05, 0) is 122 Å². The number of aliphatic hydroxyl groups is 2. The second-order valence-corrected chi connectivity index (χ2v) is 17.6. The lowest BCUT2D eigenvalue weighted by Gasteiger charge is -2.62. The summed E-state index contributed by atoms with van der Waals surface area (Å²) in [5.74, 6) is 2.17. The molecule has 0 radical (unpaired) electrons. The zero-order valence-corrected chi connectivity index (χ0v) is 27.3. The Kier molecular flexibility index (Phi) is 8.79. The zero-order valence-electron chi connectivity index (χ0n) is 25.7. The van der Waals surface area contributed by atoms with Crippen molar-refractivity contribution in [3.63, 3.8) is 0 Å². The summed E-state index contributed by atoms with van der Waals surface area (Å²) in [6.07, 6.45) is 4.61. The summed E-state index contributed by atoms with van der Waals surface area (Å²) >= 11 is 0. The van der Waals surface area contributed by atoms with Gasteiger partial charge in [0.2, 0.25) is 0 Å². The van der Waals surface area contributed by atoms with Crippen molar-refractivity contribution in [3.8, 4) is 0 Å². The molecule has 0 bridgehead atoms. The summed E-state index contributed by atoms with van der Waals surface area (Å²) in [4.78, 5) is 0. The smallest absolute Gasteiger partial charge is 0.396 e. The minimum absolute atomic E-state index is 0.00201. The first-order chi connectivity index (χ1) is 19.4. The molecule has 0 spiro atoms. The maximum Gasteiger partial charge on any atom is 0.397 e. The van der Waals surface area contributed by atoms with Crippen molar-refractivity contribution in [1.29, 1.82) is 0 Å². The van der Waals surface area contributed by atoms with Crippen molar-refractivity contribution in [2.24, 2.45) is 63.6 Å². The van der Waals surface area contributed by atoms with Crippen molar-refractivity contribution in [2.75, 3.05) is 6.61 Å². The van der Waals surface area contributed by atoms with Crippen molar-refractivity contribution in [3.05, 3.63) is 0 Å². The second kappa shape index (κ2) is 11.2. The summed E-state index contributed by atoms with van der Waals surface area (Å²) in [6.45, 7) is 11.4. The molecule has 0 aromatic heterocycles. The summed E-state index contributed by atoms with van der Waals surface area (Å²) in [7, 11) is -9.77.